The van der Waals surface area contributed by atoms with Gasteiger partial charge in [0.1, 0.15) is 5.60 Å². The second kappa shape index (κ2) is 8.64. The Balaban J connectivity index is 1.38. The van der Waals surface area contributed by atoms with Crippen LogP contribution in [0.15, 0.2) is 30.5 Å². The number of hydrogen-bond acceptors (Lipinski definition) is 8. The Bertz CT molecular complexity index is 1070. The van der Waals surface area contributed by atoms with E-state index in [1.807, 2.05) is 20.8 Å². The highest BCUT2D eigenvalue weighted by molar-refractivity contribution is 6.21. The van der Waals surface area contributed by atoms with Crippen LogP contribution in [0.3, 0.4) is 0 Å². The van der Waals surface area contributed by atoms with E-state index in [9.17, 15) is 19.2 Å². The molecule has 3 heterocycles. The van der Waals surface area contributed by atoms with Gasteiger partial charge in [0.2, 0.25) is 0 Å². The van der Waals surface area contributed by atoms with Gasteiger partial charge in [-0.3, -0.25) is 9.59 Å². The average molecular weight is 455 g/mol. The highest BCUT2D eigenvalue weighted by Gasteiger charge is 2.39. The van der Waals surface area contributed by atoms with Gasteiger partial charge >= 0.3 is 12.1 Å². The highest BCUT2D eigenvalue weighted by Crippen LogP contribution is 2.25. The first-order valence-corrected chi connectivity index (χ1v) is 10.7. The van der Waals surface area contributed by atoms with E-state index in [0.717, 1.165) is 12.8 Å². The smallest absolute Gasteiger partial charge is 0.410 e. The molecule has 0 saturated carbocycles. The van der Waals surface area contributed by atoms with Gasteiger partial charge in [-0.05, 0) is 52.2 Å². The summed E-state index contributed by atoms with van der Waals surface area (Å²) in [7, 11) is 0. The Morgan fingerprint density at radius 3 is 2.33 bits per heavy atom. The lowest BCUT2D eigenvalue weighted by Crippen LogP contribution is -2.37. The number of rotatable bonds is 3. The lowest BCUT2D eigenvalue weighted by atomic mass is 10.1. The van der Waals surface area contributed by atoms with E-state index in [2.05, 4.69) is 10.3 Å². The van der Waals surface area contributed by atoms with Gasteiger partial charge in [-0.25, -0.2) is 14.3 Å². The maximum Gasteiger partial charge on any atom is 0.410 e. The van der Waals surface area contributed by atoms with E-state index in [4.69, 9.17) is 9.57 Å². The van der Waals surface area contributed by atoms with Gasteiger partial charge in [0.05, 0.1) is 23.4 Å². The molecule has 2 aliphatic heterocycles. The molecule has 1 saturated heterocycles. The molecule has 0 bridgehead atoms. The summed E-state index contributed by atoms with van der Waals surface area (Å²) in [5.74, 6) is -2.37. The van der Waals surface area contributed by atoms with Crippen molar-refractivity contribution < 1.29 is 28.8 Å². The number of hydroxylamine groups is 2. The van der Waals surface area contributed by atoms with E-state index >= 15 is 0 Å². The molecule has 1 atom stereocenters. The first kappa shape index (κ1) is 22.4. The lowest BCUT2D eigenvalue weighted by Gasteiger charge is -2.26. The van der Waals surface area contributed by atoms with E-state index in [1.54, 1.807) is 21.7 Å². The predicted molar refractivity (Wildman–Crippen MR) is 113 cm³/mol. The van der Waals surface area contributed by atoms with Gasteiger partial charge in [-0.2, -0.15) is 0 Å². The number of nitrogens with zero attached hydrogens (tertiary/aromatic N) is 5. The number of imide groups is 1. The molecule has 11 heteroatoms. The first-order valence-electron chi connectivity index (χ1n) is 10.7. The maximum atomic E-state index is 12.5. The molecule has 0 N–H and O–H groups in total. The van der Waals surface area contributed by atoms with Gasteiger partial charge in [-0.15, -0.1) is 5.10 Å². The summed E-state index contributed by atoms with van der Waals surface area (Å²) in [5, 5.41) is 8.32. The third-order valence-corrected chi connectivity index (χ3v) is 5.37. The Kier molecular flexibility index (Phi) is 5.88. The number of aromatic nitrogens is 3. The number of likely N-dealkylation sites (tertiary alicyclic amines) is 1. The molecule has 2 aromatic rings. The SMILES string of the molecule is CC(C)(C)OC(=O)N1CCCC(n2cc(C(=O)ON3C(=O)c4ccccc4C3=O)nn2)CC1. The van der Waals surface area contributed by atoms with Crippen LogP contribution in [-0.2, 0) is 9.57 Å². The van der Waals surface area contributed by atoms with Gasteiger partial charge in [-0.1, -0.05) is 22.4 Å². The largest absolute Gasteiger partial charge is 0.444 e. The Morgan fingerprint density at radius 2 is 1.70 bits per heavy atom. The topological polar surface area (TPSA) is 124 Å². The van der Waals surface area contributed by atoms with Crippen LogP contribution in [0.25, 0.3) is 0 Å². The van der Waals surface area contributed by atoms with Crippen molar-refractivity contribution in [1.29, 1.82) is 0 Å². The lowest BCUT2D eigenvalue weighted by molar-refractivity contribution is -0.0588. The molecule has 0 radical (unpaired) electrons. The molecule has 33 heavy (non-hydrogen) atoms. The number of fused-ring (bicyclic) bond motifs is 1. The van der Waals surface area contributed by atoms with E-state index in [0.29, 0.717) is 24.6 Å². The van der Waals surface area contributed by atoms with Crippen LogP contribution < -0.4 is 0 Å². The maximum absolute atomic E-state index is 12.5. The van der Waals surface area contributed by atoms with Crippen molar-refractivity contribution in [3.05, 3.63) is 47.3 Å². The summed E-state index contributed by atoms with van der Waals surface area (Å²) in [6.07, 6.45) is 3.14. The average Bonchev–Trinajstić information content (AvgIpc) is 3.23. The molecule has 11 nitrogen and oxygen atoms in total. The van der Waals surface area contributed by atoms with Crippen LogP contribution in [0.4, 0.5) is 4.79 Å². The number of ether oxygens (including phenoxy) is 1. The number of amides is 3. The van der Waals surface area contributed by atoms with E-state index in [-0.39, 0.29) is 29.0 Å². The second-order valence-electron chi connectivity index (χ2n) is 8.96. The Labute approximate surface area is 190 Å². The Hall–Kier alpha value is -3.76. The molecule has 3 amide bonds. The standard InChI is InChI=1S/C22H25N5O6/c1-22(2,3)32-21(31)25-11-6-7-14(10-12-25)26-13-17(23-24-26)20(30)33-27-18(28)15-8-4-5-9-16(15)19(27)29/h4-5,8-9,13-14H,6-7,10-12H2,1-3H3. The number of hydrogen-bond donors (Lipinski definition) is 0. The minimum absolute atomic E-state index is 0.0780. The van der Waals surface area contributed by atoms with Crippen LogP contribution in [0.2, 0.25) is 0 Å². The van der Waals surface area contributed by atoms with Crippen molar-refractivity contribution in [2.24, 2.45) is 0 Å². The minimum atomic E-state index is -0.959. The molecule has 1 fully saturated rings. The van der Waals surface area contributed by atoms with Crippen LogP contribution >= 0.6 is 0 Å². The zero-order chi connectivity index (χ0) is 23.8. The normalized spacial score (nSPS) is 18.7. The van der Waals surface area contributed by atoms with Crippen LogP contribution in [-0.4, -0.2) is 67.5 Å². The van der Waals surface area contributed by atoms with Crippen molar-refractivity contribution in [3.8, 4) is 0 Å². The summed E-state index contributed by atoms with van der Waals surface area (Å²) < 4.78 is 7.00. The van der Waals surface area contributed by atoms with Crippen LogP contribution in [0, 0.1) is 0 Å². The van der Waals surface area contributed by atoms with Crippen LogP contribution in [0.1, 0.15) is 77.3 Å². The van der Waals surface area contributed by atoms with E-state index in [1.165, 1.54) is 18.3 Å². The fourth-order valence-corrected chi connectivity index (χ4v) is 3.78. The fraction of sp³-hybridized carbons (Fsp3) is 0.455. The van der Waals surface area contributed by atoms with Crippen molar-refractivity contribution in [1.82, 2.24) is 25.0 Å². The monoisotopic (exact) mass is 455 g/mol. The van der Waals surface area contributed by atoms with Gasteiger partial charge in [0.15, 0.2) is 5.69 Å². The molecule has 1 aromatic carbocycles. The zero-order valence-electron chi connectivity index (χ0n) is 18.7. The number of benzene rings is 1. The summed E-state index contributed by atoms with van der Waals surface area (Å²) >= 11 is 0. The van der Waals surface area contributed by atoms with Crippen molar-refractivity contribution in [3.63, 3.8) is 0 Å². The van der Waals surface area contributed by atoms with Gasteiger partial charge in [0, 0.05) is 13.1 Å². The summed E-state index contributed by atoms with van der Waals surface area (Å²) in [6, 6.07) is 6.15. The molecule has 174 valence electrons. The third kappa shape index (κ3) is 4.71. The summed E-state index contributed by atoms with van der Waals surface area (Å²) in [5.41, 5.74) is -0.345. The minimum Gasteiger partial charge on any atom is -0.444 e. The molecule has 0 spiro atoms. The number of carbonyl (C=O) groups is 4. The quantitative estimate of drug-likeness (QED) is 0.647. The summed E-state index contributed by atoms with van der Waals surface area (Å²) in [4.78, 5) is 56.3. The molecule has 1 unspecified atom stereocenters. The molecule has 1 aromatic heterocycles. The highest BCUT2D eigenvalue weighted by atomic mass is 16.7. The third-order valence-electron chi connectivity index (χ3n) is 5.37. The van der Waals surface area contributed by atoms with Crippen molar-refractivity contribution in [2.45, 2.75) is 51.7 Å². The predicted octanol–water partition coefficient (Wildman–Crippen LogP) is 2.61. The molecular formula is C22H25N5O6. The zero-order valence-corrected chi connectivity index (χ0v) is 18.7. The second-order valence-corrected chi connectivity index (χ2v) is 8.96. The van der Waals surface area contributed by atoms with Gasteiger partial charge < -0.3 is 14.5 Å². The molecule has 0 aliphatic carbocycles. The molecular weight excluding hydrogens is 430 g/mol. The summed E-state index contributed by atoms with van der Waals surface area (Å²) in [6.45, 7) is 6.51. The van der Waals surface area contributed by atoms with Crippen molar-refractivity contribution >= 4 is 23.9 Å². The number of carbonyl (C=O) groups excluding carboxylic acids is 4. The van der Waals surface area contributed by atoms with Crippen molar-refractivity contribution in [2.75, 3.05) is 13.1 Å². The van der Waals surface area contributed by atoms with E-state index < -0.39 is 23.4 Å². The first-order chi connectivity index (χ1) is 15.6. The fourth-order valence-electron chi connectivity index (χ4n) is 3.78. The Morgan fingerprint density at radius 1 is 1.03 bits per heavy atom. The van der Waals surface area contributed by atoms with Crippen LogP contribution in [0.5, 0.6) is 0 Å². The molecule has 4 rings (SSSR count). The van der Waals surface area contributed by atoms with Gasteiger partial charge in [0.25, 0.3) is 11.8 Å². The molecule has 2 aliphatic rings.